The molecular weight excluding hydrogens is 532 g/mol. The molecule has 40 heavy (non-hydrogen) atoms. The highest BCUT2D eigenvalue weighted by Gasteiger charge is 2.45. The van der Waals surface area contributed by atoms with Crippen molar-refractivity contribution in [3.63, 3.8) is 0 Å². The van der Waals surface area contributed by atoms with Crippen LogP contribution in [0.4, 0.5) is 5.13 Å². The number of carbonyl (C=O) groups excluding carboxylic acids is 2. The van der Waals surface area contributed by atoms with Crippen molar-refractivity contribution < 1.29 is 28.2 Å². The lowest BCUT2D eigenvalue weighted by Gasteiger charge is -2.23. The minimum atomic E-state index is -0.872. The molecule has 0 radical (unpaired) electrons. The van der Waals surface area contributed by atoms with Crippen molar-refractivity contribution in [3.05, 3.63) is 79.6 Å². The van der Waals surface area contributed by atoms with Crippen LogP contribution in [0.5, 0.6) is 11.5 Å². The van der Waals surface area contributed by atoms with Gasteiger partial charge in [0.1, 0.15) is 10.5 Å². The smallest absolute Gasteiger partial charge is 0.350 e. The van der Waals surface area contributed by atoms with Crippen molar-refractivity contribution in [3.8, 4) is 11.5 Å². The van der Waals surface area contributed by atoms with Gasteiger partial charge in [0.15, 0.2) is 22.1 Å². The third-order valence-electron chi connectivity index (χ3n) is 6.52. The lowest BCUT2D eigenvalue weighted by Crippen LogP contribution is -2.29. The molecule has 0 spiro atoms. The number of fused-ring (bicyclic) bond motifs is 2. The Kier molecular flexibility index (Phi) is 7.62. The van der Waals surface area contributed by atoms with Gasteiger partial charge in [-0.05, 0) is 63.9 Å². The van der Waals surface area contributed by atoms with Crippen molar-refractivity contribution in [2.24, 2.45) is 0 Å². The summed E-state index contributed by atoms with van der Waals surface area (Å²) in [6, 6.07) is 9.76. The number of anilines is 1. The van der Waals surface area contributed by atoms with E-state index in [4.69, 9.17) is 18.6 Å². The van der Waals surface area contributed by atoms with E-state index in [2.05, 4.69) is 4.98 Å². The third-order valence-corrected chi connectivity index (χ3v) is 7.66. The molecule has 1 amide bonds. The predicted octanol–water partition coefficient (Wildman–Crippen LogP) is 5.98. The van der Waals surface area contributed by atoms with E-state index in [1.54, 1.807) is 44.2 Å². The van der Waals surface area contributed by atoms with Crippen LogP contribution in [0.1, 0.15) is 75.8 Å². The predicted molar refractivity (Wildman–Crippen MR) is 152 cm³/mol. The summed E-state index contributed by atoms with van der Waals surface area (Å²) >= 11 is 1.04. The van der Waals surface area contributed by atoms with Gasteiger partial charge in [0, 0.05) is 0 Å². The molecule has 1 aliphatic rings. The van der Waals surface area contributed by atoms with E-state index in [-0.39, 0.29) is 33.4 Å². The second-order valence-corrected chi connectivity index (χ2v) is 10.3. The molecule has 1 aliphatic heterocycles. The minimum absolute atomic E-state index is 0.0545. The molecule has 1 unspecified atom stereocenters. The Morgan fingerprint density at radius 2 is 1.82 bits per heavy atom. The van der Waals surface area contributed by atoms with Gasteiger partial charge >= 0.3 is 5.97 Å². The van der Waals surface area contributed by atoms with Gasteiger partial charge in [-0.25, -0.2) is 9.78 Å². The Labute approximate surface area is 235 Å². The molecule has 5 rings (SSSR count). The van der Waals surface area contributed by atoms with E-state index in [1.807, 2.05) is 26.8 Å². The summed E-state index contributed by atoms with van der Waals surface area (Å²) in [5.41, 5.74) is 2.16. The van der Waals surface area contributed by atoms with Gasteiger partial charge in [-0.1, -0.05) is 36.0 Å². The van der Waals surface area contributed by atoms with E-state index >= 15 is 0 Å². The number of nitrogens with zero attached hydrogens (tertiary/aromatic N) is 2. The molecule has 2 aromatic carbocycles. The number of hydrogen-bond acceptors (Lipinski definition) is 9. The number of amides is 1. The zero-order valence-corrected chi connectivity index (χ0v) is 23.8. The largest absolute Gasteiger partial charge is 0.490 e. The Morgan fingerprint density at radius 1 is 1.02 bits per heavy atom. The van der Waals surface area contributed by atoms with Crippen LogP contribution >= 0.6 is 11.3 Å². The van der Waals surface area contributed by atoms with Crippen molar-refractivity contribution in [2.75, 3.05) is 24.7 Å². The molecule has 0 saturated heterocycles. The van der Waals surface area contributed by atoms with Crippen molar-refractivity contribution >= 4 is 39.3 Å². The van der Waals surface area contributed by atoms with Crippen molar-refractivity contribution in [1.29, 1.82) is 0 Å². The molecule has 0 saturated carbocycles. The lowest BCUT2D eigenvalue weighted by atomic mass is 9.98. The summed E-state index contributed by atoms with van der Waals surface area (Å²) < 4.78 is 23.0. The summed E-state index contributed by atoms with van der Waals surface area (Å²) in [5.74, 6) is -0.0256. The maximum atomic E-state index is 14.0. The average molecular weight is 563 g/mol. The van der Waals surface area contributed by atoms with Crippen LogP contribution in [0.2, 0.25) is 0 Å². The van der Waals surface area contributed by atoms with Gasteiger partial charge in [0.05, 0.1) is 42.5 Å². The summed E-state index contributed by atoms with van der Waals surface area (Å²) in [5, 5.41) is 0.639. The summed E-state index contributed by atoms with van der Waals surface area (Å²) in [7, 11) is 0. The summed E-state index contributed by atoms with van der Waals surface area (Å²) in [4.78, 5) is 46.8. The summed E-state index contributed by atoms with van der Waals surface area (Å²) in [6.45, 7) is 10.3. The van der Waals surface area contributed by atoms with E-state index in [0.29, 0.717) is 46.9 Å². The number of thiazole rings is 1. The molecule has 0 bridgehead atoms. The van der Waals surface area contributed by atoms with Crippen LogP contribution < -0.4 is 19.8 Å². The van der Waals surface area contributed by atoms with Crippen LogP contribution in [0, 0.1) is 13.8 Å². The van der Waals surface area contributed by atoms with E-state index in [9.17, 15) is 14.4 Å². The molecule has 0 aliphatic carbocycles. The zero-order valence-electron chi connectivity index (χ0n) is 23.0. The van der Waals surface area contributed by atoms with Gasteiger partial charge in [-0.2, -0.15) is 0 Å². The average Bonchev–Trinajstić information content (AvgIpc) is 3.46. The standard InChI is InChI=1S/C30H30N2O7S/c1-6-13-38-21-12-10-18(15-22(21)36-7-2)24-23-25(33)19-14-16(4)9-11-20(19)39-26(23)28(34)32(24)30-31-17(5)27(40-30)29(35)37-8-3/h9-12,14-15,24H,6-8,13H2,1-5H3. The Morgan fingerprint density at radius 3 is 2.55 bits per heavy atom. The third kappa shape index (κ3) is 4.72. The fourth-order valence-corrected chi connectivity index (χ4v) is 5.75. The van der Waals surface area contributed by atoms with Gasteiger partial charge in [0.2, 0.25) is 5.76 Å². The van der Waals surface area contributed by atoms with Crippen LogP contribution in [0.3, 0.4) is 0 Å². The lowest BCUT2D eigenvalue weighted by molar-refractivity contribution is 0.0531. The fourth-order valence-electron chi connectivity index (χ4n) is 4.76. The number of hydrogen-bond donors (Lipinski definition) is 0. The topological polar surface area (TPSA) is 108 Å². The monoisotopic (exact) mass is 562 g/mol. The highest BCUT2D eigenvalue weighted by atomic mass is 32.1. The molecular formula is C30H30N2O7S. The molecule has 0 N–H and O–H groups in total. The first kappa shape index (κ1) is 27.4. The fraction of sp³-hybridized carbons (Fsp3) is 0.333. The number of ether oxygens (including phenoxy) is 3. The minimum Gasteiger partial charge on any atom is -0.490 e. The number of aryl methyl sites for hydroxylation is 2. The SMILES string of the molecule is CCCOc1ccc(C2c3c(oc4ccc(C)cc4c3=O)C(=O)N2c2nc(C)c(C(=O)OCC)s2)cc1OCC. The maximum absolute atomic E-state index is 14.0. The van der Waals surface area contributed by atoms with E-state index in [0.717, 1.165) is 23.3 Å². The highest BCUT2D eigenvalue weighted by molar-refractivity contribution is 7.17. The van der Waals surface area contributed by atoms with Gasteiger partial charge < -0.3 is 18.6 Å². The first-order chi connectivity index (χ1) is 19.3. The molecule has 2 aromatic heterocycles. The molecule has 0 fully saturated rings. The molecule has 3 heterocycles. The number of aromatic nitrogens is 1. The van der Waals surface area contributed by atoms with E-state index in [1.165, 1.54) is 4.90 Å². The van der Waals surface area contributed by atoms with Crippen molar-refractivity contribution in [1.82, 2.24) is 4.98 Å². The molecule has 10 heteroatoms. The molecule has 4 aromatic rings. The second-order valence-electron chi connectivity index (χ2n) is 9.37. The molecule has 208 valence electrons. The van der Waals surface area contributed by atoms with Crippen LogP contribution in [0.15, 0.2) is 45.6 Å². The number of benzene rings is 2. The highest BCUT2D eigenvalue weighted by Crippen LogP contribution is 2.45. The number of carbonyl (C=O) groups is 2. The van der Waals surface area contributed by atoms with Crippen LogP contribution in [0.25, 0.3) is 11.0 Å². The Balaban J connectivity index is 1.74. The number of rotatable bonds is 9. The van der Waals surface area contributed by atoms with E-state index < -0.39 is 17.9 Å². The van der Waals surface area contributed by atoms with Crippen LogP contribution in [-0.4, -0.2) is 36.7 Å². The summed E-state index contributed by atoms with van der Waals surface area (Å²) in [6.07, 6.45) is 0.825. The van der Waals surface area contributed by atoms with Gasteiger partial charge in [0.25, 0.3) is 5.91 Å². The Bertz CT molecular complexity index is 1670. The maximum Gasteiger partial charge on any atom is 0.350 e. The first-order valence-electron chi connectivity index (χ1n) is 13.2. The first-order valence-corrected chi connectivity index (χ1v) is 14.1. The van der Waals surface area contributed by atoms with Crippen molar-refractivity contribution in [2.45, 2.75) is 47.1 Å². The van der Waals surface area contributed by atoms with Crippen LogP contribution in [-0.2, 0) is 4.74 Å². The Hall–Kier alpha value is -4.18. The zero-order chi connectivity index (χ0) is 28.6. The quantitative estimate of drug-likeness (QED) is 0.229. The van der Waals surface area contributed by atoms with Gasteiger partial charge in [-0.3, -0.25) is 14.5 Å². The second kappa shape index (κ2) is 11.1. The molecule has 1 atom stereocenters. The van der Waals surface area contributed by atoms with Gasteiger partial charge in [-0.15, -0.1) is 0 Å². The number of esters is 1. The normalized spacial score (nSPS) is 14.5. The molecule has 9 nitrogen and oxygen atoms in total.